The fourth-order valence-electron chi connectivity index (χ4n) is 6.85. The number of amides is 1. The summed E-state index contributed by atoms with van der Waals surface area (Å²) in [6.07, 6.45) is 3.04. The minimum Gasteiger partial charge on any atom is -0.471 e. The van der Waals surface area contributed by atoms with Crippen LogP contribution in [0.15, 0.2) is 61.2 Å². The Balaban J connectivity index is 0. The second-order valence-electron chi connectivity index (χ2n) is 12.7. The summed E-state index contributed by atoms with van der Waals surface area (Å²) in [5, 5.41) is 16.5. The van der Waals surface area contributed by atoms with Crippen molar-refractivity contribution in [1.29, 1.82) is 0 Å². The molecule has 1 aliphatic carbocycles. The Morgan fingerprint density at radius 3 is 2.02 bits per heavy atom. The van der Waals surface area contributed by atoms with Crippen molar-refractivity contribution in [1.82, 2.24) is 20.9 Å². The van der Waals surface area contributed by atoms with Crippen LogP contribution in [0.25, 0.3) is 11.1 Å². The number of carbonyl (C=O) groups is 2. The van der Waals surface area contributed by atoms with Gasteiger partial charge in [0.1, 0.15) is 12.0 Å². The summed E-state index contributed by atoms with van der Waals surface area (Å²) >= 11 is 0. The van der Waals surface area contributed by atoms with Crippen LogP contribution in [0.5, 0.6) is 0 Å². The number of fused-ring (bicyclic) bond motifs is 3. The van der Waals surface area contributed by atoms with Crippen LogP contribution in [-0.4, -0.2) is 94.6 Å². The average molecular weight is 753 g/mol. The quantitative estimate of drug-likeness (QED) is 0.0739. The maximum Gasteiger partial charge on any atom is 0.405 e. The van der Waals surface area contributed by atoms with Crippen molar-refractivity contribution in [2.45, 2.75) is 98.7 Å². The topological polar surface area (TPSA) is 103 Å². The highest BCUT2D eigenvalue weighted by Crippen LogP contribution is 2.51. The number of hydrogen-bond acceptors (Lipinski definition) is 7. The Morgan fingerprint density at radius 1 is 1.02 bits per heavy atom. The van der Waals surface area contributed by atoms with Crippen LogP contribution in [0.2, 0.25) is 0 Å². The standard InChI is InChI=1S/C35H49F3N4O.C2H4O2.C2H6.CH4O.2CH4/c1-4-19-39-23-26(3)27(5-2)24-40-28-16-21-42(22-17-28)20-11-10-18-34(33(43)41-25-35(36,37)38)31-14-8-6-12-29(31)30-13-7-9-15-32(30)34;1-4-2-3;2*1-2;;/h5-9,12-15,26-28,39-40H,2,4,10-11,16-25H2,1,3H3,(H,41,43);2H,1H3;1-2H3;2H,1H3;2*1H4. The number of aliphatic hydroxyl groups excluding tert-OH is 1. The largest absolute Gasteiger partial charge is 0.471 e. The van der Waals surface area contributed by atoms with E-state index in [0.29, 0.717) is 30.8 Å². The Labute approximate surface area is 319 Å². The van der Waals surface area contributed by atoms with Crippen molar-refractivity contribution >= 4 is 12.4 Å². The van der Waals surface area contributed by atoms with Crippen LogP contribution >= 0.6 is 0 Å². The van der Waals surface area contributed by atoms with Gasteiger partial charge in [-0.2, -0.15) is 13.2 Å². The molecule has 4 rings (SSSR count). The van der Waals surface area contributed by atoms with Gasteiger partial charge in [-0.15, -0.1) is 6.58 Å². The van der Waals surface area contributed by atoms with Crippen molar-refractivity contribution in [2.24, 2.45) is 11.8 Å². The number of rotatable bonds is 17. The summed E-state index contributed by atoms with van der Waals surface area (Å²) in [5.41, 5.74) is 2.34. The third-order valence-corrected chi connectivity index (χ3v) is 9.43. The highest BCUT2D eigenvalue weighted by atomic mass is 19.4. The van der Waals surface area contributed by atoms with E-state index >= 15 is 0 Å². The van der Waals surface area contributed by atoms with E-state index in [4.69, 9.17) is 9.90 Å². The zero-order valence-electron chi connectivity index (χ0n) is 31.7. The monoisotopic (exact) mass is 753 g/mol. The lowest BCUT2D eigenvalue weighted by Gasteiger charge is -2.34. The summed E-state index contributed by atoms with van der Waals surface area (Å²) in [6, 6.07) is 15.8. The molecule has 11 heteroatoms. The van der Waals surface area contributed by atoms with E-state index in [2.05, 4.69) is 52.1 Å². The molecule has 0 spiro atoms. The number of piperidine rings is 1. The van der Waals surface area contributed by atoms with Crippen LogP contribution in [-0.2, 0) is 19.7 Å². The molecule has 8 nitrogen and oxygen atoms in total. The van der Waals surface area contributed by atoms with Gasteiger partial charge < -0.3 is 30.7 Å². The highest BCUT2D eigenvalue weighted by Gasteiger charge is 2.49. The number of nitrogens with one attached hydrogen (secondary N) is 3. The average Bonchev–Trinajstić information content (AvgIpc) is 3.45. The molecule has 2 aromatic rings. The minimum absolute atomic E-state index is 0. The maximum atomic E-state index is 13.7. The van der Waals surface area contributed by atoms with E-state index in [1.54, 1.807) is 0 Å². The van der Waals surface area contributed by atoms with Gasteiger partial charge in [-0.05, 0) is 98.9 Å². The molecule has 53 heavy (non-hydrogen) atoms. The number of ether oxygens (including phenoxy) is 1. The Kier molecular flexibility index (Phi) is 27.6. The fraction of sp³-hybridized carbons (Fsp3) is 0.619. The van der Waals surface area contributed by atoms with E-state index in [1.165, 1.54) is 7.11 Å². The lowest BCUT2D eigenvalue weighted by molar-refractivity contribution is -0.141. The molecule has 2 aliphatic rings. The molecule has 0 aromatic heterocycles. The molecule has 304 valence electrons. The second kappa shape index (κ2) is 28.2. The molecular weight excluding hydrogens is 681 g/mol. The van der Waals surface area contributed by atoms with Crippen molar-refractivity contribution < 1.29 is 32.6 Å². The van der Waals surface area contributed by atoms with E-state index in [0.717, 1.165) is 101 Å². The lowest BCUT2D eigenvalue weighted by atomic mass is 9.73. The molecular formula is C42H71F3N4O4. The van der Waals surface area contributed by atoms with Crippen molar-refractivity contribution in [2.75, 3.05) is 60.0 Å². The normalized spacial score (nSPS) is 15.3. The van der Waals surface area contributed by atoms with Crippen LogP contribution in [0.3, 0.4) is 0 Å². The van der Waals surface area contributed by atoms with Gasteiger partial charge in [-0.3, -0.25) is 9.59 Å². The number of halogens is 3. The third-order valence-electron chi connectivity index (χ3n) is 9.43. The zero-order valence-corrected chi connectivity index (χ0v) is 31.7. The molecule has 1 saturated heterocycles. The number of hydrogen-bond donors (Lipinski definition) is 4. The van der Waals surface area contributed by atoms with Gasteiger partial charge in [0.05, 0.1) is 7.11 Å². The second-order valence-corrected chi connectivity index (χ2v) is 12.7. The first-order chi connectivity index (χ1) is 24.6. The molecule has 0 saturated carbocycles. The number of nitrogens with zero attached hydrogens (tertiary/aromatic N) is 1. The van der Waals surface area contributed by atoms with Crippen LogP contribution in [0, 0.1) is 11.8 Å². The lowest BCUT2D eigenvalue weighted by Crippen LogP contribution is -2.47. The van der Waals surface area contributed by atoms with Crippen molar-refractivity contribution in [3.63, 3.8) is 0 Å². The first-order valence-corrected chi connectivity index (χ1v) is 18.4. The molecule has 4 N–H and O–H groups in total. The predicted molar refractivity (Wildman–Crippen MR) is 215 cm³/mol. The molecule has 0 bridgehead atoms. The number of unbranched alkanes of at least 4 members (excludes halogenated alkanes) is 1. The summed E-state index contributed by atoms with van der Waals surface area (Å²) < 4.78 is 43.2. The number of aliphatic hydroxyl groups is 1. The van der Waals surface area contributed by atoms with Gasteiger partial charge >= 0.3 is 6.18 Å². The van der Waals surface area contributed by atoms with E-state index < -0.39 is 24.0 Å². The highest BCUT2D eigenvalue weighted by molar-refractivity contribution is 6.00. The molecule has 1 heterocycles. The first kappa shape index (κ1) is 51.9. The number of benzene rings is 2. The van der Waals surface area contributed by atoms with Crippen LogP contribution in [0.1, 0.15) is 92.2 Å². The Morgan fingerprint density at radius 2 is 1.55 bits per heavy atom. The minimum atomic E-state index is -4.47. The van der Waals surface area contributed by atoms with Gasteiger partial charge in [0, 0.05) is 19.7 Å². The zero-order chi connectivity index (χ0) is 38.3. The fourth-order valence-corrected chi connectivity index (χ4v) is 6.85. The van der Waals surface area contributed by atoms with E-state index in [-0.39, 0.29) is 14.9 Å². The molecule has 1 amide bonds. The third kappa shape index (κ3) is 15.9. The Bertz CT molecular complexity index is 1220. The van der Waals surface area contributed by atoms with Gasteiger partial charge in [0.2, 0.25) is 5.91 Å². The van der Waals surface area contributed by atoms with E-state index in [9.17, 15) is 18.0 Å². The summed E-state index contributed by atoms with van der Waals surface area (Å²) in [7, 11) is 2.31. The predicted octanol–water partition coefficient (Wildman–Crippen LogP) is 7.99. The van der Waals surface area contributed by atoms with Crippen LogP contribution in [0.4, 0.5) is 13.2 Å². The molecule has 1 aliphatic heterocycles. The number of methoxy groups -OCH3 is 1. The van der Waals surface area contributed by atoms with Gasteiger partial charge in [-0.1, -0.05) is 104 Å². The SMILES string of the molecule is C.C.C=CC(CNC1CCN(CCCCC2(C(=O)NCC(F)(F)F)c3ccccc3-c3ccccc32)CC1)C(C)CNCCC.CC.CO.COC=O. The van der Waals surface area contributed by atoms with Gasteiger partial charge in [0.15, 0.2) is 0 Å². The van der Waals surface area contributed by atoms with Crippen LogP contribution < -0.4 is 16.0 Å². The molecule has 0 radical (unpaired) electrons. The first-order valence-electron chi connectivity index (χ1n) is 18.4. The molecule has 2 aromatic carbocycles. The maximum absolute atomic E-state index is 13.7. The summed E-state index contributed by atoms with van der Waals surface area (Å²) in [4.78, 5) is 25.1. The van der Waals surface area contributed by atoms with Gasteiger partial charge in [0.25, 0.3) is 6.47 Å². The molecule has 2 unspecified atom stereocenters. The number of alkyl halides is 3. The van der Waals surface area contributed by atoms with Crippen molar-refractivity contribution in [3.05, 3.63) is 72.3 Å². The summed E-state index contributed by atoms with van der Waals surface area (Å²) in [6.45, 7) is 17.5. The molecule has 2 atom stereocenters. The summed E-state index contributed by atoms with van der Waals surface area (Å²) in [5.74, 6) is 0.408. The Hall–Kier alpha value is -3.25. The number of carbonyl (C=O) groups excluding carboxylic acids is 2. The number of likely N-dealkylation sites (tertiary alicyclic amines) is 1. The van der Waals surface area contributed by atoms with Crippen molar-refractivity contribution in [3.8, 4) is 11.1 Å². The van der Waals surface area contributed by atoms with E-state index in [1.807, 2.05) is 62.4 Å². The smallest absolute Gasteiger partial charge is 0.405 e. The van der Waals surface area contributed by atoms with Gasteiger partial charge in [-0.25, -0.2) is 0 Å². The molecule has 1 fully saturated rings.